The quantitative estimate of drug-likeness (QED) is 0.680. The van der Waals surface area contributed by atoms with Gasteiger partial charge in [0.05, 0.1) is 5.52 Å². The van der Waals surface area contributed by atoms with Gasteiger partial charge >= 0.3 is 0 Å². The second-order valence-electron chi connectivity index (χ2n) is 4.46. The van der Waals surface area contributed by atoms with E-state index >= 15 is 0 Å². The fourth-order valence-electron chi connectivity index (χ4n) is 2.18. The lowest BCUT2D eigenvalue weighted by atomic mass is 10.1. The first-order chi connectivity index (χ1) is 9.08. The number of aryl methyl sites for hydroxylation is 2. The fraction of sp³-hybridized carbons (Fsp3) is 0.143. The Kier molecular flexibility index (Phi) is 2.86. The molecule has 19 heavy (non-hydrogen) atoms. The topological polar surface area (TPSA) is 30.7 Å². The number of imidazole rings is 1. The van der Waals surface area contributed by atoms with Crippen molar-refractivity contribution in [3.8, 4) is 5.69 Å². The molecule has 2 aromatic heterocycles. The van der Waals surface area contributed by atoms with Gasteiger partial charge < -0.3 is 0 Å². The lowest BCUT2D eigenvalue weighted by molar-refractivity contribution is 0.608. The van der Waals surface area contributed by atoms with Gasteiger partial charge in [-0.25, -0.2) is 14.4 Å². The van der Waals surface area contributed by atoms with Crippen molar-refractivity contribution >= 4 is 27.1 Å². The maximum absolute atomic E-state index is 13.7. The van der Waals surface area contributed by atoms with Crippen molar-refractivity contribution in [2.75, 3.05) is 0 Å². The number of hydrogen-bond acceptors (Lipinski definition) is 2. The van der Waals surface area contributed by atoms with E-state index in [0.717, 1.165) is 11.2 Å². The molecule has 0 bridgehead atoms. The SMILES string of the molecule is Cc1cc(-n2c(Br)nc3ncccc32)cc(C)c1F. The summed E-state index contributed by atoms with van der Waals surface area (Å²) in [5, 5.41) is 0. The number of halogens is 2. The molecule has 96 valence electrons. The molecule has 0 fully saturated rings. The van der Waals surface area contributed by atoms with E-state index in [2.05, 4.69) is 25.9 Å². The first-order valence-corrected chi connectivity index (χ1v) is 6.63. The Labute approximate surface area is 118 Å². The van der Waals surface area contributed by atoms with E-state index in [1.165, 1.54) is 0 Å². The zero-order valence-electron chi connectivity index (χ0n) is 10.5. The van der Waals surface area contributed by atoms with Gasteiger partial charge in [-0.15, -0.1) is 0 Å². The van der Waals surface area contributed by atoms with Crippen LogP contribution in [0.25, 0.3) is 16.9 Å². The summed E-state index contributed by atoms with van der Waals surface area (Å²) in [7, 11) is 0. The van der Waals surface area contributed by atoms with Crippen molar-refractivity contribution in [2.24, 2.45) is 0 Å². The van der Waals surface area contributed by atoms with Gasteiger partial charge in [-0.3, -0.25) is 4.57 Å². The third kappa shape index (κ3) is 1.94. The van der Waals surface area contributed by atoms with E-state index in [4.69, 9.17) is 0 Å². The number of hydrogen-bond donors (Lipinski definition) is 0. The number of nitrogens with zero attached hydrogens (tertiary/aromatic N) is 3. The fourth-order valence-corrected chi connectivity index (χ4v) is 2.75. The van der Waals surface area contributed by atoms with Crippen molar-refractivity contribution in [3.63, 3.8) is 0 Å². The molecule has 0 aliphatic carbocycles. The normalized spacial score (nSPS) is 11.2. The molecule has 0 saturated heterocycles. The van der Waals surface area contributed by atoms with Crippen LogP contribution in [0.4, 0.5) is 4.39 Å². The van der Waals surface area contributed by atoms with Crippen LogP contribution in [0.1, 0.15) is 11.1 Å². The number of benzene rings is 1. The highest BCUT2D eigenvalue weighted by Crippen LogP contribution is 2.26. The molecule has 0 aliphatic heterocycles. The van der Waals surface area contributed by atoms with Crippen LogP contribution in [0.15, 0.2) is 35.2 Å². The van der Waals surface area contributed by atoms with Crippen molar-refractivity contribution in [1.82, 2.24) is 14.5 Å². The zero-order chi connectivity index (χ0) is 13.6. The molecule has 2 heterocycles. The first kappa shape index (κ1) is 12.3. The lowest BCUT2D eigenvalue weighted by Crippen LogP contribution is -1.98. The van der Waals surface area contributed by atoms with E-state index in [-0.39, 0.29) is 5.82 Å². The molecule has 0 atom stereocenters. The Bertz CT molecular complexity index is 756. The van der Waals surface area contributed by atoms with Crippen molar-refractivity contribution in [3.05, 3.63) is 52.1 Å². The number of aromatic nitrogens is 3. The summed E-state index contributed by atoms with van der Waals surface area (Å²) in [6.07, 6.45) is 1.70. The third-order valence-electron chi connectivity index (χ3n) is 3.07. The van der Waals surface area contributed by atoms with Crippen LogP contribution >= 0.6 is 15.9 Å². The van der Waals surface area contributed by atoms with E-state index in [0.29, 0.717) is 21.5 Å². The van der Waals surface area contributed by atoms with E-state index in [9.17, 15) is 4.39 Å². The minimum Gasteiger partial charge on any atom is -0.285 e. The Morgan fingerprint density at radius 1 is 1.21 bits per heavy atom. The molecule has 3 aromatic rings. The Balaban J connectivity index is 2.33. The number of rotatable bonds is 1. The Hall–Kier alpha value is -1.75. The molecular formula is C14H11BrFN3. The minimum atomic E-state index is -0.164. The van der Waals surface area contributed by atoms with Gasteiger partial charge in [0.25, 0.3) is 0 Å². The summed E-state index contributed by atoms with van der Waals surface area (Å²) < 4.78 is 16.3. The largest absolute Gasteiger partial charge is 0.285 e. The Morgan fingerprint density at radius 3 is 2.58 bits per heavy atom. The van der Waals surface area contributed by atoms with Gasteiger partial charge in [0.2, 0.25) is 0 Å². The Morgan fingerprint density at radius 2 is 1.89 bits per heavy atom. The molecule has 0 unspecified atom stereocenters. The van der Waals surface area contributed by atoms with Crippen LogP contribution in [-0.2, 0) is 0 Å². The molecule has 0 radical (unpaired) electrons. The van der Waals surface area contributed by atoms with Crippen LogP contribution in [0.3, 0.4) is 0 Å². The van der Waals surface area contributed by atoms with Crippen LogP contribution < -0.4 is 0 Å². The summed E-state index contributed by atoms with van der Waals surface area (Å²) >= 11 is 3.43. The number of pyridine rings is 1. The van der Waals surface area contributed by atoms with Crippen LogP contribution in [0.5, 0.6) is 0 Å². The molecule has 0 spiro atoms. The zero-order valence-corrected chi connectivity index (χ0v) is 12.1. The average molecular weight is 320 g/mol. The molecule has 1 aromatic carbocycles. The second kappa shape index (κ2) is 4.42. The minimum absolute atomic E-state index is 0.164. The first-order valence-electron chi connectivity index (χ1n) is 5.84. The van der Waals surface area contributed by atoms with Gasteiger partial charge in [-0.1, -0.05) is 0 Å². The summed E-state index contributed by atoms with van der Waals surface area (Å²) in [6, 6.07) is 7.41. The molecule has 0 amide bonds. The van der Waals surface area contributed by atoms with Crippen molar-refractivity contribution < 1.29 is 4.39 Å². The average Bonchev–Trinajstić information content (AvgIpc) is 2.71. The summed E-state index contributed by atoms with van der Waals surface area (Å²) in [5.74, 6) is -0.164. The molecule has 3 nitrogen and oxygen atoms in total. The molecule has 3 rings (SSSR count). The predicted octanol–water partition coefficient (Wildman–Crippen LogP) is 3.94. The summed E-state index contributed by atoms with van der Waals surface area (Å²) in [6.45, 7) is 3.52. The molecule has 0 N–H and O–H groups in total. The molecule has 0 aliphatic rings. The van der Waals surface area contributed by atoms with Crippen molar-refractivity contribution in [2.45, 2.75) is 13.8 Å². The molecule has 0 saturated carbocycles. The summed E-state index contributed by atoms with van der Waals surface area (Å²) in [4.78, 5) is 8.56. The maximum Gasteiger partial charge on any atom is 0.184 e. The molecule has 5 heteroatoms. The van der Waals surface area contributed by atoms with Gasteiger partial charge in [-0.05, 0) is 65.2 Å². The number of fused-ring (bicyclic) bond motifs is 1. The standard InChI is InChI=1S/C14H11BrFN3/c1-8-6-10(7-9(2)12(8)16)19-11-4-3-5-17-13(11)18-14(19)15/h3-7H,1-2H3. The smallest absolute Gasteiger partial charge is 0.184 e. The third-order valence-corrected chi connectivity index (χ3v) is 3.60. The van der Waals surface area contributed by atoms with Crippen LogP contribution in [0.2, 0.25) is 0 Å². The van der Waals surface area contributed by atoms with E-state index in [1.807, 2.05) is 16.7 Å². The van der Waals surface area contributed by atoms with Gasteiger partial charge in [-0.2, -0.15) is 0 Å². The van der Waals surface area contributed by atoms with Gasteiger partial charge in [0.15, 0.2) is 10.4 Å². The van der Waals surface area contributed by atoms with Crippen LogP contribution in [0, 0.1) is 19.7 Å². The summed E-state index contributed by atoms with van der Waals surface area (Å²) in [5.41, 5.74) is 3.66. The van der Waals surface area contributed by atoms with Crippen molar-refractivity contribution in [1.29, 1.82) is 0 Å². The van der Waals surface area contributed by atoms with Gasteiger partial charge in [0.1, 0.15) is 5.82 Å². The molecular weight excluding hydrogens is 309 g/mol. The lowest BCUT2D eigenvalue weighted by Gasteiger charge is -2.09. The van der Waals surface area contributed by atoms with E-state index in [1.54, 1.807) is 32.2 Å². The monoisotopic (exact) mass is 319 g/mol. The van der Waals surface area contributed by atoms with Gasteiger partial charge in [0, 0.05) is 11.9 Å². The predicted molar refractivity (Wildman–Crippen MR) is 76.0 cm³/mol. The second-order valence-corrected chi connectivity index (χ2v) is 5.17. The highest BCUT2D eigenvalue weighted by atomic mass is 79.9. The highest BCUT2D eigenvalue weighted by molar-refractivity contribution is 9.10. The van der Waals surface area contributed by atoms with E-state index < -0.39 is 0 Å². The van der Waals surface area contributed by atoms with Crippen LogP contribution in [-0.4, -0.2) is 14.5 Å². The maximum atomic E-state index is 13.7. The highest BCUT2D eigenvalue weighted by Gasteiger charge is 2.13.